The lowest BCUT2D eigenvalue weighted by molar-refractivity contribution is -0.102. The van der Waals surface area contributed by atoms with E-state index in [1.54, 1.807) is 0 Å². The van der Waals surface area contributed by atoms with Crippen LogP contribution in [0.2, 0.25) is 0 Å². The minimum atomic E-state index is -0.356. The Labute approximate surface area is 206 Å². The summed E-state index contributed by atoms with van der Waals surface area (Å²) in [5, 5.41) is 1.91. The molecule has 0 amide bonds. The molecule has 0 saturated heterocycles. The monoisotopic (exact) mass is 461 g/mol. The van der Waals surface area contributed by atoms with Gasteiger partial charge in [0.15, 0.2) is 11.5 Å². The van der Waals surface area contributed by atoms with Crippen LogP contribution in [0.15, 0.2) is 121 Å². The van der Waals surface area contributed by atoms with Crippen LogP contribution in [-0.2, 0) is 11.4 Å². The molecule has 1 atom stereocenters. The van der Waals surface area contributed by atoms with Crippen LogP contribution in [0.25, 0.3) is 5.76 Å². The molecule has 0 aromatic heterocycles. The second-order valence-corrected chi connectivity index (χ2v) is 8.36. The van der Waals surface area contributed by atoms with E-state index in [-0.39, 0.29) is 11.8 Å². The molecule has 4 aromatic rings. The number of carbonyl (C=O) groups excluding carboxylic acids is 1. The molecule has 0 saturated carbocycles. The molecule has 0 spiro atoms. The average molecular weight is 462 g/mol. The van der Waals surface area contributed by atoms with Crippen LogP contribution in [-0.4, -0.2) is 17.5 Å². The number of ketones is 1. The van der Waals surface area contributed by atoms with Crippen molar-refractivity contribution >= 4 is 11.5 Å². The third-order valence-electron chi connectivity index (χ3n) is 6.02. The predicted octanol–water partition coefficient (Wildman–Crippen LogP) is 6.87. The SMILES string of the molecule is CCOc1ccc(C2=C(C(=O)c3ccccc3)[C@@H](c3ccccc3)N(Cc3ccccc3)O2)cc1. The summed E-state index contributed by atoms with van der Waals surface area (Å²) in [4.78, 5) is 20.5. The first-order chi connectivity index (χ1) is 17.2. The Balaban J connectivity index is 1.64. The molecule has 0 radical (unpaired) electrons. The van der Waals surface area contributed by atoms with E-state index >= 15 is 0 Å². The maximum Gasteiger partial charge on any atom is 0.194 e. The molecule has 0 bridgehead atoms. The molecule has 0 N–H and O–H groups in total. The quantitative estimate of drug-likeness (QED) is 0.269. The van der Waals surface area contributed by atoms with E-state index in [9.17, 15) is 4.79 Å². The summed E-state index contributed by atoms with van der Waals surface area (Å²) in [7, 11) is 0. The number of nitrogens with zero attached hydrogens (tertiary/aromatic N) is 1. The second-order valence-electron chi connectivity index (χ2n) is 8.36. The normalized spacial score (nSPS) is 15.6. The number of benzene rings is 4. The van der Waals surface area contributed by atoms with Gasteiger partial charge in [-0.25, -0.2) is 0 Å². The topological polar surface area (TPSA) is 38.8 Å². The molecule has 0 fully saturated rings. The Kier molecular flexibility index (Phi) is 6.73. The first kappa shape index (κ1) is 22.6. The van der Waals surface area contributed by atoms with Crippen molar-refractivity contribution in [1.82, 2.24) is 5.06 Å². The van der Waals surface area contributed by atoms with Gasteiger partial charge in [-0.05, 0) is 42.3 Å². The van der Waals surface area contributed by atoms with Gasteiger partial charge in [0, 0.05) is 11.1 Å². The highest BCUT2D eigenvalue weighted by Crippen LogP contribution is 2.44. The maximum absolute atomic E-state index is 14.0. The largest absolute Gasteiger partial charge is 0.494 e. The van der Waals surface area contributed by atoms with Gasteiger partial charge in [0.2, 0.25) is 0 Å². The number of ether oxygens (including phenoxy) is 1. The molecule has 1 heterocycles. The molecule has 4 aromatic carbocycles. The van der Waals surface area contributed by atoms with Crippen LogP contribution in [0.3, 0.4) is 0 Å². The fourth-order valence-electron chi connectivity index (χ4n) is 4.39. The minimum Gasteiger partial charge on any atom is -0.494 e. The summed E-state index contributed by atoms with van der Waals surface area (Å²) in [6.45, 7) is 3.09. The first-order valence-corrected chi connectivity index (χ1v) is 11.8. The lowest BCUT2D eigenvalue weighted by atomic mass is 9.90. The van der Waals surface area contributed by atoms with E-state index in [1.165, 1.54) is 0 Å². The van der Waals surface area contributed by atoms with Gasteiger partial charge in [-0.1, -0.05) is 91.0 Å². The first-order valence-electron chi connectivity index (χ1n) is 11.8. The van der Waals surface area contributed by atoms with E-state index < -0.39 is 0 Å². The highest BCUT2D eigenvalue weighted by molar-refractivity contribution is 6.13. The smallest absolute Gasteiger partial charge is 0.194 e. The summed E-state index contributed by atoms with van der Waals surface area (Å²) in [6.07, 6.45) is 0. The molecule has 4 heteroatoms. The van der Waals surface area contributed by atoms with E-state index in [2.05, 4.69) is 12.1 Å². The number of hydroxylamine groups is 2. The Morgan fingerprint density at radius 1 is 0.800 bits per heavy atom. The Bertz CT molecular complexity index is 1300. The van der Waals surface area contributed by atoms with E-state index in [1.807, 2.05) is 115 Å². The van der Waals surface area contributed by atoms with Gasteiger partial charge < -0.3 is 9.57 Å². The Hall–Kier alpha value is -4.15. The number of hydrogen-bond acceptors (Lipinski definition) is 4. The summed E-state index contributed by atoms with van der Waals surface area (Å²) >= 11 is 0. The summed E-state index contributed by atoms with van der Waals surface area (Å²) < 4.78 is 5.62. The van der Waals surface area contributed by atoms with E-state index in [4.69, 9.17) is 9.57 Å². The third kappa shape index (κ3) is 4.88. The molecule has 1 aliphatic rings. The summed E-state index contributed by atoms with van der Waals surface area (Å²) in [5.74, 6) is 1.32. The zero-order chi connectivity index (χ0) is 24.0. The second kappa shape index (κ2) is 10.4. The van der Waals surface area contributed by atoms with Gasteiger partial charge in [0.05, 0.1) is 18.7 Å². The van der Waals surface area contributed by atoms with Crippen molar-refractivity contribution in [3.63, 3.8) is 0 Å². The molecule has 4 nitrogen and oxygen atoms in total. The van der Waals surface area contributed by atoms with Crippen molar-refractivity contribution in [2.24, 2.45) is 0 Å². The molecule has 0 unspecified atom stereocenters. The fraction of sp³-hybridized carbons (Fsp3) is 0.129. The zero-order valence-corrected chi connectivity index (χ0v) is 19.6. The lowest BCUT2D eigenvalue weighted by Gasteiger charge is -2.25. The van der Waals surface area contributed by atoms with Crippen molar-refractivity contribution in [3.8, 4) is 5.75 Å². The van der Waals surface area contributed by atoms with Crippen molar-refractivity contribution < 1.29 is 14.4 Å². The van der Waals surface area contributed by atoms with Crippen molar-refractivity contribution in [3.05, 3.63) is 143 Å². The molecule has 1 aliphatic heterocycles. The van der Waals surface area contributed by atoms with Gasteiger partial charge in [-0.3, -0.25) is 4.79 Å². The van der Waals surface area contributed by atoms with Gasteiger partial charge in [0.1, 0.15) is 11.8 Å². The lowest BCUT2D eigenvalue weighted by Crippen LogP contribution is -2.25. The maximum atomic E-state index is 14.0. The summed E-state index contributed by atoms with van der Waals surface area (Å²) in [5.41, 5.74) is 4.21. The zero-order valence-electron chi connectivity index (χ0n) is 19.6. The minimum absolute atomic E-state index is 0.0427. The Morgan fingerprint density at radius 2 is 1.40 bits per heavy atom. The van der Waals surface area contributed by atoms with Crippen LogP contribution >= 0.6 is 0 Å². The molecule has 0 aliphatic carbocycles. The number of hydrogen-bond donors (Lipinski definition) is 0. The predicted molar refractivity (Wildman–Crippen MR) is 138 cm³/mol. The van der Waals surface area contributed by atoms with Crippen LogP contribution in [0.5, 0.6) is 5.75 Å². The van der Waals surface area contributed by atoms with Crippen LogP contribution in [0.1, 0.15) is 40.0 Å². The van der Waals surface area contributed by atoms with Crippen molar-refractivity contribution in [1.29, 1.82) is 0 Å². The molecular weight excluding hydrogens is 434 g/mol. The van der Waals surface area contributed by atoms with Crippen molar-refractivity contribution in [2.45, 2.75) is 19.5 Å². The standard InChI is InChI=1S/C31H27NO3/c1-2-34-27-20-18-26(19-21-27)31-28(30(33)25-16-10-5-11-17-25)29(24-14-8-4-9-15-24)32(35-31)22-23-12-6-3-7-13-23/h3-21,29H,2,22H2,1H3/t29-/m1/s1. The van der Waals surface area contributed by atoms with Gasteiger partial charge >= 0.3 is 0 Å². The van der Waals surface area contributed by atoms with Crippen LogP contribution < -0.4 is 4.74 Å². The fourth-order valence-corrected chi connectivity index (χ4v) is 4.39. The van der Waals surface area contributed by atoms with Crippen LogP contribution in [0.4, 0.5) is 0 Å². The number of Topliss-reactive ketones (excluding diaryl/α,β-unsaturated/α-hetero) is 1. The molecule has 174 valence electrons. The Morgan fingerprint density at radius 3 is 2.03 bits per heavy atom. The van der Waals surface area contributed by atoms with E-state index in [0.29, 0.717) is 30.0 Å². The van der Waals surface area contributed by atoms with Gasteiger partial charge in [0.25, 0.3) is 0 Å². The molecular formula is C31H27NO3. The third-order valence-corrected chi connectivity index (χ3v) is 6.02. The summed E-state index contributed by atoms with van der Waals surface area (Å²) in [6, 6.07) is 37.0. The number of rotatable bonds is 8. The van der Waals surface area contributed by atoms with Crippen molar-refractivity contribution in [2.75, 3.05) is 6.61 Å². The van der Waals surface area contributed by atoms with Crippen LogP contribution in [0, 0.1) is 0 Å². The highest BCUT2D eigenvalue weighted by atomic mass is 16.7. The highest BCUT2D eigenvalue weighted by Gasteiger charge is 2.40. The molecule has 5 rings (SSSR count). The van der Waals surface area contributed by atoms with Gasteiger partial charge in [-0.15, -0.1) is 5.06 Å². The van der Waals surface area contributed by atoms with E-state index in [0.717, 1.165) is 22.4 Å². The molecule has 35 heavy (non-hydrogen) atoms. The average Bonchev–Trinajstić information content (AvgIpc) is 3.29. The number of carbonyl (C=O) groups is 1. The van der Waals surface area contributed by atoms with Gasteiger partial charge in [-0.2, -0.15) is 0 Å².